The van der Waals surface area contributed by atoms with Gasteiger partial charge in [-0.15, -0.1) is 0 Å². The first-order valence-corrected chi connectivity index (χ1v) is 5.92. The summed E-state index contributed by atoms with van der Waals surface area (Å²) in [4.78, 5) is 6.47. The van der Waals surface area contributed by atoms with Crippen LogP contribution in [0.1, 0.15) is 13.8 Å². The molecule has 1 aromatic heterocycles. The van der Waals surface area contributed by atoms with E-state index < -0.39 is 0 Å². The van der Waals surface area contributed by atoms with Crippen molar-refractivity contribution in [3.63, 3.8) is 0 Å². The maximum absolute atomic E-state index is 5.78. The molecule has 0 fully saturated rings. The van der Waals surface area contributed by atoms with E-state index in [0.29, 0.717) is 16.5 Å². The zero-order valence-electron chi connectivity index (χ0n) is 9.83. The molecule has 1 heterocycles. The number of pyridine rings is 1. The number of hydrogen-bond acceptors (Lipinski definition) is 4. The number of hydrogen-bond donors (Lipinski definition) is 2. The summed E-state index contributed by atoms with van der Waals surface area (Å²) in [6, 6.07) is 1.70. The smallest absolute Gasteiger partial charge is 0.149 e. The third-order valence-electron chi connectivity index (χ3n) is 2.50. The molecule has 1 rings (SSSR count). The van der Waals surface area contributed by atoms with Gasteiger partial charge < -0.3 is 16.0 Å². The van der Waals surface area contributed by atoms with Crippen molar-refractivity contribution in [3.05, 3.63) is 17.3 Å². The summed E-state index contributed by atoms with van der Waals surface area (Å²) in [5.41, 5.74) is 6.37. The zero-order chi connectivity index (χ0) is 12.0. The van der Waals surface area contributed by atoms with Crippen LogP contribution in [0.25, 0.3) is 0 Å². The summed E-state index contributed by atoms with van der Waals surface area (Å²) in [6.07, 6.45) is 1.59. The highest BCUT2D eigenvalue weighted by molar-refractivity contribution is 6.30. The summed E-state index contributed by atoms with van der Waals surface area (Å²) in [6.45, 7) is 8.23. The Morgan fingerprint density at radius 2 is 2.12 bits per heavy atom. The van der Waals surface area contributed by atoms with E-state index >= 15 is 0 Å². The molecule has 90 valence electrons. The van der Waals surface area contributed by atoms with Gasteiger partial charge in [0.25, 0.3) is 0 Å². The van der Waals surface area contributed by atoms with Crippen molar-refractivity contribution in [1.29, 1.82) is 0 Å². The Bertz CT molecular complexity index is 326. The second-order valence-corrected chi connectivity index (χ2v) is 3.98. The van der Waals surface area contributed by atoms with Gasteiger partial charge in [0.05, 0.1) is 10.7 Å². The van der Waals surface area contributed by atoms with Crippen molar-refractivity contribution in [2.24, 2.45) is 0 Å². The van der Waals surface area contributed by atoms with Crippen LogP contribution in [0.4, 0.5) is 11.5 Å². The minimum Gasteiger partial charge on any atom is -0.396 e. The van der Waals surface area contributed by atoms with Gasteiger partial charge >= 0.3 is 0 Å². The Morgan fingerprint density at radius 1 is 1.44 bits per heavy atom. The minimum atomic E-state index is 0.562. The fourth-order valence-corrected chi connectivity index (χ4v) is 1.64. The van der Waals surface area contributed by atoms with Crippen LogP contribution in [-0.4, -0.2) is 36.1 Å². The van der Waals surface area contributed by atoms with Gasteiger partial charge in [-0.05, 0) is 19.2 Å². The second-order valence-electron chi connectivity index (χ2n) is 3.55. The van der Waals surface area contributed by atoms with E-state index in [1.165, 1.54) is 0 Å². The Labute approximate surface area is 102 Å². The van der Waals surface area contributed by atoms with Gasteiger partial charge in [0.15, 0.2) is 0 Å². The largest absolute Gasteiger partial charge is 0.396 e. The van der Waals surface area contributed by atoms with E-state index in [0.717, 1.165) is 26.2 Å². The number of nitrogen functional groups attached to an aromatic ring is 1. The molecule has 16 heavy (non-hydrogen) atoms. The van der Waals surface area contributed by atoms with E-state index in [9.17, 15) is 0 Å². The molecule has 0 bridgehead atoms. The first kappa shape index (κ1) is 13.1. The third-order valence-corrected chi connectivity index (χ3v) is 2.71. The standard InChI is InChI=1S/C11H19ClN4/c1-3-16(4-2)6-5-14-11-10(13)7-9(12)8-15-11/h7-8H,3-6,13H2,1-2H3,(H,14,15). The molecule has 0 amide bonds. The predicted molar refractivity (Wildman–Crippen MR) is 69.9 cm³/mol. The van der Waals surface area contributed by atoms with Crippen molar-refractivity contribution in [1.82, 2.24) is 9.88 Å². The SMILES string of the molecule is CCN(CC)CCNc1ncc(Cl)cc1N. The van der Waals surface area contributed by atoms with Gasteiger partial charge in [-0.1, -0.05) is 25.4 Å². The highest BCUT2D eigenvalue weighted by atomic mass is 35.5. The summed E-state index contributed by atoms with van der Waals surface area (Å²) >= 11 is 5.77. The van der Waals surface area contributed by atoms with Gasteiger partial charge in [-0.3, -0.25) is 0 Å². The molecule has 0 saturated carbocycles. The van der Waals surface area contributed by atoms with Crippen LogP contribution in [0.15, 0.2) is 12.3 Å². The lowest BCUT2D eigenvalue weighted by atomic mass is 10.4. The van der Waals surface area contributed by atoms with Gasteiger partial charge in [-0.2, -0.15) is 0 Å². The summed E-state index contributed by atoms with van der Waals surface area (Å²) in [5, 5.41) is 3.76. The molecule has 0 aliphatic rings. The highest BCUT2D eigenvalue weighted by Crippen LogP contribution is 2.18. The molecule has 1 aromatic rings. The van der Waals surface area contributed by atoms with Crippen molar-refractivity contribution in [2.45, 2.75) is 13.8 Å². The van der Waals surface area contributed by atoms with E-state index in [1.54, 1.807) is 12.3 Å². The normalized spacial score (nSPS) is 10.8. The molecule has 0 spiro atoms. The molecule has 5 heteroatoms. The first-order chi connectivity index (χ1) is 7.67. The molecule has 3 N–H and O–H groups in total. The Morgan fingerprint density at radius 3 is 2.69 bits per heavy atom. The van der Waals surface area contributed by atoms with Crippen molar-refractivity contribution in [3.8, 4) is 0 Å². The number of anilines is 2. The fourth-order valence-electron chi connectivity index (χ4n) is 1.47. The molecule has 0 aliphatic heterocycles. The van der Waals surface area contributed by atoms with Crippen LogP contribution in [0.5, 0.6) is 0 Å². The number of nitrogens with zero attached hydrogens (tertiary/aromatic N) is 2. The minimum absolute atomic E-state index is 0.562. The molecule has 0 aromatic carbocycles. The van der Waals surface area contributed by atoms with Gasteiger partial charge in [0.1, 0.15) is 5.82 Å². The number of rotatable bonds is 6. The molecule has 4 nitrogen and oxygen atoms in total. The predicted octanol–water partition coefficient (Wildman–Crippen LogP) is 2.07. The Kier molecular flexibility index (Phi) is 5.35. The van der Waals surface area contributed by atoms with Crippen LogP contribution in [0, 0.1) is 0 Å². The number of likely N-dealkylation sites (N-methyl/N-ethyl adjacent to an activating group) is 1. The molecule has 0 saturated heterocycles. The summed E-state index contributed by atoms with van der Waals surface area (Å²) in [7, 11) is 0. The lowest BCUT2D eigenvalue weighted by molar-refractivity contribution is 0.316. The van der Waals surface area contributed by atoms with Crippen LogP contribution in [-0.2, 0) is 0 Å². The zero-order valence-corrected chi connectivity index (χ0v) is 10.6. The number of nitrogens with one attached hydrogen (secondary N) is 1. The van der Waals surface area contributed by atoms with Gasteiger partial charge in [-0.25, -0.2) is 4.98 Å². The quantitative estimate of drug-likeness (QED) is 0.802. The van der Waals surface area contributed by atoms with Crippen LogP contribution < -0.4 is 11.1 Å². The average Bonchev–Trinajstić information content (AvgIpc) is 2.27. The fraction of sp³-hybridized carbons (Fsp3) is 0.545. The summed E-state index contributed by atoms with van der Waals surface area (Å²) in [5.74, 6) is 0.705. The lowest BCUT2D eigenvalue weighted by Crippen LogP contribution is -2.28. The Hall–Kier alpha value is -1.00. The number of nitrogens with two attached hydrogens (primary N) is 1. The first-order valence-electron chi connectivity index (χ1n) is 5.54. The summed E-state index contributed by atoms with van der Waals surface area (Å²) < 4.78 is 0. The molecule has 0 radical (unpaired) electrons. The molecule has 0 aliphatic carbocycles. The third kappa shape index (κ3) is 3.87. The van der Waals surface area contributed by atoms with E-state index in [1.807, 2.05) is 0 Å². The maximum atomic E-state index is 5.78. The Balaban J connectivity index is 2.42. The highest BCUT2D eigenvalue weighted by Gasteiger charge is 2.02. The van der Waals surface area contributed by atoms with Gasteiger partial charge in [0, 0.05) is 19.3 Å². The van der Waals surface area contributed by atoms with E-state index in [2.05, 4.69) is 29.0 Å². The van der Waals surface area contributed by atoms with Crippen LogP contribution >= 0.6 is 11.6 Å². The van der Waals surface area contributed by atoms with Crippen molar-refractivity contribution < 1.29 is 0 Å². The number of aromatic nitrogens is 1. The molecule has 0 atom stereocenters. The topological polar surface area (TPSA) is 54.2 Å². The van der Waals surface area contributed by atoms with E-state index in [4.69, 9.17) is 17.3 Å². The van der Waals surface area contributed by atoms with Crippen LogP contribution in [0.3, 0.4) is 0 Å². The van der Waals surface area contributed by atoms with Gasteiger partial charge in [0.2, 0.25) is 0 Å². The second kappa shape index (κ2) is 6.55. The maximum Gasteiger partial charge on any atom is 0.149 e. The van der Waals surface area contributed by atoms with Crippen molar-refractivity contribution in [2.75, 3.05) is 37.2 Å². The number of halogens is 1. The monoisotopic (exact) mass is 242 g/mol. The average molecular weight is 243 g/mol. The molecule has 0 unspecified atom stereocenters. The lowest BCUT2D eigenvalue weighted by Gasteiger charge is -2.18. The van der Waals surface area contributed by atoms with Crippen LogP contribution in [0.2, 0.25) is 5.02 Å². The molecular weight excluding hydrogens is 224 g/mol. The molecular formula is C11H19ClN4. The van der Waals surface area contributed by atoms with Crippen molar-refractivity contribution >= 4 is 23.1 Å². The van der Waals surface area contributed by atoms with E-state index in [-0.39, 0.29) is 0 Å².